The first-order valence-electron chi connectivity index (χ1n) is 11.0. The van der Waals surface area contributed by atoms with Crippen LogP contribution in [0, 0.1) is 22.7 Å². The minimum atomic E-state index is -0.611. The molecule has 0 aromatic carbocycles. The Balaban J connectivity index is 1.95. The zero-order valence-corrected chi connectivity index (χ0v) is 18.9. The van der Waals surface area contributed by atoms with Crippen LogP contribution in [0.4, 0.5) is 4.79 Å². The molecule has 2 aliphatic carbocycles. The standard InChI is InChI=1S/C24H41N3O/c1-17(9-7-10-19(3)26-27-22(25)28)11-13-20-18(2)12-14-21-23(4,5)15-8-16-24(20,21)6/h9,12,20-21H,7-8,10-11,13-16H2,1-6H3,(H3,25,27,28)/b17-9+,26-19+/t20?,21?,24-/m0/s1. The van der Waals surface area contributed by atoms with Crippen LogP contribution < -0.4 is 11.2 Å². The SMILES string of the molecule is CC1=CCC2C(C)(C)CCC[C@@]2(C)C1CC/C(C)=C/CC/C(C)=N/NC(N)=O. The molecule has 0 spiro atoms. The van der Waals surface area contributed by atoms with Crippen molar-refractivity contribution >= 4 is 11.7 Å². The van der Waals surface area contributed by atoms with E-state index < -0.39 is 6.03 Å². The van der Waals surface area contributed by atoms with Gasteiger partial charge >= 0.3 is 6.03 Å². The van der Waals surface area contributed by atoms with Gasteiger partial charge in [0.05, 0.1) is 0 Å². The van der Waals surface area contributed by atoms with Gasteiger partial charge in [-0.2, -0.15) is 5.10 Å². The molecule has 0 saturated heterocycles. The van der Waals surface area contributed by atoms with Crippen molar-refractivity contribution in [2.75, 3.05) is 0 Å². The van der Waals surface area contributed by atoms with Gasteiger partial charge in [-0.15, -0.1) is 0 Å². The smallest absolute Gasteiger partial charge is 0.332 e. The van der Waals surface area contributed by atoms with Gasteiger partial charge in [-0.3, -0.25) is 0 Å². The Kier molecular flexibility index (Phi) is 7.52. The van der Waals surface area contributed by atoms with Crippen LogP contribution in [0.1, 0.15) is 92.9 Å². The number of rotatable bonds is 7. The Morgan fingerprint density at radius 2 is 2.00 bits per heavy atom. The maximum Gasteiger partial charge on any atom is 0.332 e. The van der Waals surface area contributed by atoms with Gasteiger partial charge in [-0.1, -0.05) is 50.5 Å². The molecule has 3 atom stereocenters. The maximum absolute atomic E-state index is 10.7. The number of carbonyl (C=O) groups is 1. The van der Waals surface area contributed by atoms with Crippen LogP contribution in [-0.2, 0) is 0 Å². The molecule has 4 heteroatoms. The molecular formula is C24H41N3O. The van der Waals surface area contributed by atoms with Crippen molar-refractivity contribution in [3.05, 3.63) is 23.3 Å². The van der Waals surface area contributed by atoms with E-state index in [0.29, 0.717) is 16.7 Å². The van der Waals surface area contributed by atoms with Gasteiger partial charge < -0.3 is 5.73 Å². The average molecular weight is 388 g/mol. The van der Waals surface area contributed by atoms with Gasteiger partial charge in [0.25, 0.3) is 0 Å². The minimum Gasteiger partial charge on any atom is -0.350 e. The van der Waals surface area contributed by atoms with E-state index >= 15 is 0 Å². The molecule has 0 heterocycles. The van der Waals surface area contributed by atoms with E-state index in [1.54, 1.807) is 5.57 Å². The summed E-state index contributed by atoms with van der Waals surface area (Å²) in [5, 5.41) is 3.97. The number of urea groups is 1. The molecule has 1 fully saturated rings. The topological polar surface area (TPSA) is 67.5 Å². The van der Waals surface area contributed by atoms with Gasteiger partial charge in [0.1, 0.15) is 0 Å². The number of hydrogen-bond acceptors (Lipinski definition) is 2. The van der Waals surface area contributed by atoms with E-state index in [-0.39, 0.29) is 0 Å². The molecule has 3 N–H and O–H groups in total. The number of hydrazone groups is 1. The molecule has 0 aromatic rings. The molecule has 0 bridgehead atoms. The van der Waals surface area contributed by atoms with Crippen molar-refractivity contribution < 1.29 is 4.79 Å². The highest BCUT2D eigenvalue weighted by atomic mass is 16.2. The van der Waals surface area contributed by atoms with Crippen LogP contribution in [0.25, 0.3) is 0 Å². The van der Waals surface area contributed by atoms with Crippen LogP contribution in [0.3, 0.4) is 0 Å². The van der Waals surface area contributed by atoms with E-state index in [9.17, 15) is 4.79 Å². The molecule has 0 aliphatic heterocycles. The lowest BCUT2D eigenvalue weighted by Crippen LogP contribution is -2.48. The molecule has 2 aliphatic rings. The van der Waals surface area contributed by atoms with Gasteiger partial charge in [0.15, 0.2) is 0 Å². The molecule has 158 valence electrons. The predicted octanol–water partition coefficient (Wildman–Crippen LogP) is 6.34. The minimum absolute atomic E-state index is 0.449. The normalized spacial score (nSPS) is 30.4. The fourth-order valence-corrected chi connectivity index (χ4v) is 5.90. The summed E-state index contributed by atoms with van der Waals surface area (Å²) < 4.78 is 0. The Morgan fingerprint density at radius 3 is 2.68 bits per heavy atom. The number of hydrogen-bond donors (Lipinski definition) is 2. The fraction of sp³-hybridized carbons (Fsp3) is 0.750. The Bertz CT molecular complexity index is 659. The van der Waals surface area contributed by atoms with Gasteiger partial charge in [-0.25, -0.2) is 10.2 Å². The highest BCUT2D eigenvalue weighted by Gasteiger charge is 2.51. The van der Waals surface area contributed by atoms with E-state index in [1.165, 1.54) is 37.7 Å². The van der Waals surface area contributed by atoms with Crippen molar-refractivity contribution in [2.45, 2.75) is 92.9 Å². The lowest BCUT2D eigenvalue weighted by Gasteiger charge is -2.57. The molecule has 1 saturated carbocycles. The molecule has 0 aromatic heterocycles. The van der Waals surface area contributed by atoms with Crippen LogP contribution in [0.2, 0.25) is 0 Å². The summed E-state index contributed by atoms with van der Waals surface area (Å²) >= 11 is 0. The number of amides is 2. The summed E-state index contributed by atoms with van der Waals surface area (Å²) in [6, 6.07) is -0.611. The average Bonchev–Trinajstić information content (AvgIpc) is 2.58. The van der Waals surface area contributed by atoms with E-state index in [4.69, 9.17) is 5.73 Å². The van der Waals surface area contributed by atoms with Gasteiger partial charge in [-0.05, 0) is 88.4 Å². The highest BCUT2D eigenvalue weighted by molar-refractivity contribution is 5.83. The number of primary amides is 1. The summed E-state index contributed by atoms with van der Waals surface area (Å²) in [4.78, 5) is 10.7. The second-order valence-electron chi connectivity index (χ2n) is 10.1. The summed E-state index contributed by atoms with van der Waals surface area (Å²) in [5.41, 5.74) is 12.2. The molecule has 2 rings (SSSR count). The monoisotopic (exact) mass is 387 g/mol. The van der Waals surface area contributed by atoms with Crippen molar-refractivity contribution in [2.24, 2.45) is 33.5 Å². The van der Waals surface area contributed by atoms with E-state index in [0.717, 1.165) is 30.9 Å². The predicted molar refractivity (Wildman–Crippen MR) is 119 cm³/mol. The molecule has 2 amide bonds. The van der Waals surface area contributed by atoms with Gasteiger partial charge in [0.2, 0.25) is 0 Å². The lowest BCUT2D eigenvalue weighted by atomic mass is 9.48. The van der Waals surface area contributed by atoms with Crippen LogP contribution in [0.15, 0.2) is 28.4 Å². The number of nitrogens with zero attached hydrogens (tertiary/aromatic N) is 1. The largest absolute Gasteiger partial charge is 0.350 e. The third kappa shape index (κ3) is 5.48. The number of fused-ring (bicyclic) bond motifs is 1. The zero-order valence-electron chi connectivity index (χ0n) is 18.9. The first kappa shape index (κ1) is 22.7. The lowest BCUT2D eigenvalue weighted by molar-refractivity contribution is -0.0390. The molecule has 28 heavy (non-hydrogen) atoms. The van der Waals surface area contributed by atoms with E-state index in [1.807, 2.05) is 6.92 Å². The van der Waals surface area contributed by atoms with Crippen molar-refractivity contribution in [3.8, 4) is 0 Å². The Labute approximate surface area is 172 Å². The second-order valence-corrected chi connectivity index (χ2v) is 10.1. The Hall–Kier alpha value is -1.58. The summed E-state index contributed by atoms with van der Waals surface area (Å²) in [7, 11) is 0. The third-order valence-electron chi connectivity index (χ3n) is 7.48. The highest BCUT2D eigenvalue weighted by Crippen LogP contribution is 2.60. The van der Waals surface area contributed by atoms with Crippen LogP contribution >= 0.6 is 0 Å². The second kappa shape index (κ2) is 9.28. The van der Waals surface area contributed by atoms with Crippen molar-refractivity contribution in [1.82, 2.24) is 5.43 Å². The maximum atomic E-state index is 10.7. The van der Waals surface area contributed by atoms with Crippen LogP contribution in [-0.4, -0.2) is 11.7 Å². The summed E-state index contributed by atoms with van der Waals surface area (Å²) in [5.74, 6) is 1.51. The fourth-order valence-electron chi connectivity index (χ4n) is 5.90. The van der Waals surface area contributed by atoms with E-state index in [2.05, 4.69) is 57.3 Å². The summed E-state index contributed by atoms with van der Waals surface area (Å²) in [6.07, 6.45) is 14.5. The zero-order chi connectivity index (χ0) is 20.9. The number of carbonyl (C=O) groups excluding carboxylic acids is 1. The van der Waals surface area contributed by atoms with Crippen LogP contribution in [0.5, 0.6) is 0 Å². The molecule has 4 nitrogen and oxygen atoms in total. The quantitative estimate of drug-likeness (QED) is 0.299. The number of nitrogens with two attached hydrogens (primary N) is 1. The molecule has 0 radical (unpaired) electrons. The molecule has 2 unspecified atom stereocenters. The van der Waals surface area contributed by atoms with Crippen molar-refractivity contribution in [1.29, 1.82) is 0 Å². The first-order valence-corrected chi connectivity index (χ1v) is 11.0. The first-order chi connectivity index (χ1) is 13.1. The van der Waals surface area contributed by atoms with Crippen molar-refractivity contribution in [3.63, 3.8) is 0 Å². The van der Waals surface area contributed by atoms with Gasteiger partial charge in [0, 0.05) is 5.71 Å². The Morgan fingerprint density at radius 1 is 1.29 bits per heavy atom. The number of allylic oxidation sites excluding steroid dienone is 4. The third-order valence-corrected chi connectivity index (χ3v) is 7.48. The molecular weight excluding hydrogens is 346 g/mol. The summed E-state index contributed by atoms with van der Waals surface area (Å²) in [6.45, 7) is 14.1. The number of nitrogens with one attached hydrogen (secondary N) is 1.